The molecule has 0 atom stereocenters. The standard InChI is InChI=1S/C11H15FN4/c1-15-7-11(6-14)16-10-3-8(5-13)2-9(12)4-10/h2-4,6-7,14-16H,5,13H2,1H3/b11-7+,14-6?. The molecule has 0 aliphatic carbocycles. The molecule has 0 saturated carbocycles. The summed E-state index contributed by atoms with van der Waals surface area (Å²) in [4.78, 5) is 0. The number of halogens is 1. The minimum absolute atomic E-state index is 0.280. The number of allylic oxidation sites excluding steroid dienone is 1. The average molecular weight is 222 g/mol. The Bertz CT molecular complexity index is 401. The molecule has 0 bridgehead atoms. The maximum Gasteiger partial charge on any atom is 0.125 e. The summed E-state index contributed by atoms with van der Waals surface area (Å²) in [6, 6.07) is 4.49. The Morgan fingerprint density at radius 2 is 2.25 bits per heavy atom. The largest absolute Gasteiger partial charge is 0.392 e. The second-order valence-corrected chi connectivity index (χ2v) is 3.21. The molecule has 1 rings (SSSR count). The molecule has 16 heavy (non-hydrogen) atoms. The van der Waals surface area contributed by atoms with Gasteiger partial charge in [0, 0.05) is 31.7 Å². The van der Waals surface area contributed by atoms with Crippen molar-refractivity contribution in [1.29, 1.82) is 5.41 Å². The number of nitrogens with two attached hydrogens (primary N) is 1. The Labute approximate surface area is 93.9 Å². The Morgan fingerprint density at radius 1 is 1.50 bits per heavy atom. The number of nitrogens with one attached hydrogen (secondary N) is 3. The third-order valence-electron chi connectivity index (χ3n) is 1.94. The first-order valence-corrected chi connectivity index (χ1v) is 4.84. The maximum atomic E-state index is 13.2. The highest BCUT2D eigenvalue weighted by Crippen LogP contribution is 2.15. The second kappa shape index (κ2) is 5.87. The first-order chi connectivity index (χ1) is 7.69. The summed E-state index contributed by atoms with van der Waals surface area (Å²) in [5.41, 5.74) is 7.26. The Morgan fingerprint density at radius 3 is 2.81 bits per heavy atom. The number of hydrogen-bond donors (Lipinski definition) is 4. The third kappa shape index (κ3) is 3.36. The van der Waals surface area contributed by atoms with Crippen LogP contribution in [0.1, 0.15) is 5.56 Å². The minimum Gasteiger partial charge on any atom is -0.392 e. The van der Waals surface area contributed by atoms with Gasteiger partial charge in [-0.2, -0.15) is 0 Å². The van der Waals surface area contributed by atoms with E-state index in [-0.39, 0.29) is 12.4 Å². The SMILES string of the molecule is CN/C=C(\C=N)Nc1cc(F)cc(CN)c1. The van der Waals surface area contributed by atoms with E-state index >= 15 is 0 Å². The molecule has 1 aromatic rings. The lowest BCUT2D eigenvalue weighted by atomic mass is 10.2. The highest BCUT2D eigenvalue weighted by Gasteiger charge is 2.00. The molecule has 0 aliphatic heterocycles. The van der Waals surface area contributed by atoms with E-state index in [1.165, 1.54) is 12.1 Å². The van der Waals surface area contributed by atoms with Crippen molar-refractivity contribution in [2.75, 3.05) is 12.4 Å². The van der Waals surface area contributed by atoms with Crippen LogP contribution in [-0.2, 0) is 6.54 Å². The molecular weight excluding hydrogens is 207 g/mol. The zero-order valence-electron chi connectivity index (χ0n) is 9.05. The molecule has 0 amide bonds. The van der Waals surface area contributed by atoms with Crippen LogP contribution in [0, 0.1) is 11.2 Å². The van der Waals surface area contributed by atoms with Gasteiger partial charge in [-0.15, -0.1) is 0 Å². The van der Waals surface area contributed by atoms with Crippen molar-refractivity contribution in [1.82, 2.24) is 5.32 Å². The summed E-state index contributed by atoms with van der Waals surface area (Å²) in [6.07, 6.45) is 2.75. The molecule has 0 unspecified atom stereocenters. The van der Waals surface area contributed by atoms with Crippen LogP contribution in [0.4, 0.5) is 10.1 Å². The lowest BCUT2D eigenvalue weighted by Crippen LogP contribution is -2.07. The minimum atomic E-state index is -0.348. The fourth-order valence-corrected chi connectivity index (χ4v) is 1.28. The van der Waals surface area contributed by atoms with Gasteiger partial charge in [0.1, 0.15) is 5.82 Å². The lowest BCUT2D eigenvalue weighted by Gasteiger charge is -2.08. The molecule has 0 aliphatic rings. The van der Waals surface area contributed by atoms with Gasteiger partial charge in [0.15, 0.2) is 0 Å². The van der Waals surface area contributed by atoms with Crippen molar-refractivity contribution in [2.24, 2.45) is 5.73 Å². The van der Waals surface area contributed by atoms with Crippen LogP contribution in [0.5, 0.6) is 0 Å². The molecule has 0 heterocycles. The Balaban J connectivity index is 2.91. The topological polar surface area (TPSA) is 73.9 Å². The van der Waals surface area contributed by atoms with E-state index in [0.29, 0.717) is 16.9 Å². The monoisotopic (exact) mass is 222 g/mol. The van der Waals surface area contributed by atoms with Crippen LogP contribution in [-0.4, -0.2) is 13.3 Å². The smallest absolute Gasteiger partial charge is 0.125 e. The molecule has 1 aromatic carbocycles. The molecule has 86 valence electrons. The average Bonchev–Trinajstić information content (AvgIpc) is 2.27. The molecule has 4 nitrogen and oxygen atoms in total. The number of rotatable bonds is 5. The first kappa shape index (κ1) is 12.2. The zero-order valence-corrected chi connectivity index (χ0v) is 9.05. The van der Waals surface area contributed by atoms with Gasteiger partial charge < -0.3 is 21.8 Å². The van der Waals surface area contributed by atoms with E-state index in [2.05, 4.69) is 10.6 Å². The van der Waals surface area contributed by atoms with E-state index in [4.69, 9.17) is 11.1 Å². The zero-order chi connectivity index (χ0) is 12.0. The van der Waals surface area contributed by atoms with E-state index in [1.807, 2.05) is 0 Å². The highest BCUT2D eigenvalue weighted by atomic mass is 19.1. The molecule has 5 heteroatoms. The van der Waals surface area contributed by atoms with E-state index in [0.717, 1.165) is 6.21 Å². The summed E-state index contributed by atoms with van der Waals surface area (Å²) in [6.45, 7) is 0.280. The number of anilines is 1. The molecular formula is C11H15FN4. The summed E-state index contributed by atoms with van der Waals surface area (Å²) < 4.78 is 13.2. The van der Waals surface area contributed by atoms with Crippen LogP contribution < -0.4 is 16.4 Å². The van der Waals surface area contributed by atoms with Crippen LogP contribution in [0.2, 0.25) is 0 Å². The van der Waals surface area contributed by atoms with Crippen molar-refractivity contribution in [2.45, 2.75) is 6.54 Å². The van der Waals surface area contributed by atoms with Crippen LogP contribution >= 0.6 is 0 Å². The van der Waals surface area contributed by atoms with E-state index in [9.17, 15) is 4.39 Å². The predicted molar refractivity (Wildman–Crippen MR) is 63.8 cm³/mol. The van der Waals surface area contributed by atoms with Gasteiger partial charge in [-0.3, -0.25) is 0 Å². The van der Waals surface area contributed by atoms with Crippen molar-refractivity contribution in [3.63, 3.8) is 0 Å². The fraction of sp³-hybridized carbons (Fsp3) is 0.182. The lowest BCUT2D eigenvalue weighted by molar-refractivity contribution is 0.626. The Hall–Kier alpha value is -1.88. The molecule has 0 aromatic heterocycles. The van der Waals surface area contributed by atoms with E-state index in [1.54, 1.807) is 19.3 Å². The van der Waals surface area contributed by atoms with Crippen molar-refractivity contribution < 1.29 is 4.39 Å². The normalized spacial score (nSPS) is 11.1. The van der Waals surface area contributed by atoms with Gasteiger partial charge in [-0.05, 0) is 23.8 Å². The summed E-state index contributed by atoms with van der Waals surface area (Å²) in [5.74, 6) is -0.348. The predicted octanol–water partition coefficient (Wildman–Crippen LogP) is 1.41. The molecule has 5 N–H and O–H groups in total. The summed E-state index contributed by atoms with van der Waals surface area (Å²) >= 11 is 0. The van der Waals surface area contributed by atoms with E-state index < -0.39 is 0 Å². The van der Waals surface area contributed by atoms with Crippen LogP contribution in [0.3, 0.4) is 0 Å². The van der Waals surface area contributed by atoms with Gasteiger partial charge in [0.25, 0.3) is 0 Å². The second-order valence-electron chi connectivity index (χ2n) is 3.21. The van der Waals surface area contributed by atoms with Gasteiger partial charge in [0.05, 0.1) is 5.70 Å². The quantitative estimate of drug-likeness (QED) is 0.569. The fourth-order valence-electron chi connectivity index (χ4n) is 1.28. The highest BCUT2D eigenvalue weighted by molar-refractivity contribution is 5.80. The van der Waals surface area contributed by atoms with Gasteiger partial charge in [-0.1, -0.05) is 0 Å². The summed E-state index contributed by atoms with van der Waals surface area (Å²) in [5, 5.41) is 12.8. The van der Waals surface area contributed by atoms with Crippen LogP contribution in [0.25, 0.3) is 0 Å². The van der Waals surface area contributed by atoms with Crippen molar-refractivity contribution in [3.05, 3.63) is 41.5 Å². The van der Waals surface area contributed by atoms with Gasteiger partial charge >= 0.3 is 0 Å². The van der Waals surface area contributed by atoms with Crippen molar-refractivity contribution >= 4 is 11.9 Å². The Kier molecular flexibility index (Phi) is 4.47. The maximum absolute atomic E-state index is 13.2. The van der Waals surface area contributed by atoms with Crippen LogP contribution in [0.15, 0.2) is 30.1 Å². The first-order valence-electron chi connectivity index (χ1n) is 4.84. The summed E-state index contributed by atoms with van der Waals surface area (Å²) in [7, 11) is 1.72. The molecule has 0 spiro atoms. The molecule has 0 radical (unpaired) electrons. The number of benzene rings is 1. The van der Waals surface area contributed by atoms with Crippen molar-refractivity contribution in [3.8, 4) is 0 Å². The van der Waals surface area contributed by atoms with Gasteiger partial charge in [0.2, 0.25) is 0 Å². The third-order valence-corrected chi connectivity index (χ3v) is 1.94. The molecule has 0 fully saturated rings. The van der Waals surface area contributed by atoms with Gasteiger partial charge in [-0.25, -0.2) is 4.39 Å². The molecule has 0 saturated heterocycles. The number of hydrogen-bond acceptors (Lipinski definition) is 4.